The van der Waals surface area contributed by atoms with Crippen LogP contribution in [0.2, 0.25) is 0 Å². The summed E-state index contributed by atoms with van der Waals surface area (Å²) in [5, 5.41) is 9.26. The predicted molar refractivity (Wildman–Crippen MR) is 103 cm³/mol. The molecule has 0 radical (unpaired) electrons. The van der Waals surface area contributed by atoms with Crippen LogP contribution in [-0.4, -0.2) is 41.3 Å². The minimum absolute atomic E-state index is 0.132. The third-order valence-corrected chi connectivity index (χ3v) is 7.34. The second-order valence-electron chi connectivity index (χ2n) is 6.35. The molecule has 27 heavy (non-hydrogen) atoms. The SMILES string of the molecule is CSc1ccc(-c2cc(=O)n(CC[C@](C)(C(=O)O)S(C)(=O)=O)cc2F)cc1. The van der Waals surface area contributed by atoms with Crippen LogP contribution in [0.1, 0.15) is 13.3 Å². The van der Waals surface area contributed by atoms with E-state index in [1.807, 2.05) is 18.4 Å². The van der Waals surface area contributed by atoms with E-state index in [1.165, 1.54) is 11.8 Å². The van der Waals surface area contributed by atoms with Crippen LogP contribution >= 0.6 is 11.8 Å². The smallest absolute Gasteiger partial charge is 0.324 e. The molecule has 2 aromatic rings. The summed E-state index contributed by atoms with van der Waals surface area (Å²) in [6, 6.07) is 8.17. The lowest BCUT2D eigenvalue weighted by molar-refractivity contribution is -0.139. The number of hydrogen-bond acceptors (Lipinski definition) is 5. The van der Waals surface area contributed by atoms with Crippen LogP contribution in [0, 0.1) is 5.82 Å². The summed E-state index contributed by atoms with van der Waals surface area (Å²) >= 11 is 1.54. The summed E-state index contributed by atoms with van der Waals surface area (Å²) in [5.74, 6) is -2.16. The molecule has 0 saturated heterocycles. The van der Waals surface area contributed by atoms with Crippen molar-refractivity contribution in [2.75, 3.05) is 12.5 Å². The van der Waals surface area contributed by atoms with Gasteiger partial charge in [0.1, 0.15) is 5.82 Å². The Morgan fingerprint density at radius 3 is 2.37 bits per heavy atom. The Morgan fingerprint density at radius 2 is 1.89 bits per heavy atom. The van der Waals surface area contributed by atoms with Gasteiger partial charge < -0.3 is 9.67 Å². The first kappa shape index (κ1) is 21.2. The summed E-state index contributed by atoms with van der Waals surface area (Å²) < 4.78 is 37.1. The van der Waals surface area contributed by atoms with Crippen molar-refractivity contribution in [2.45, 2.75) is 29.5 Å². The number of thioether (sulfide) groups is 1. The Hall–Kier alpha value is -2.13. The van der Waals surface area contributed by atoms with Crippen LogP contribution in [0.4, 0.5) is 4.39 Å². The zero-order valence-corrected chi connectivity index (χ0v) is 16.7. The van der Waals surface area contributed by atoms with Gasteiger partial charge in [0.25, 0.3) is 5.56 Å². The molecule has 0 spiro atoms. The number of pyridine rings is 1. The lowest BCUT2D eigenvalue weighted by Crippen LogP contribution is -2.44. The van der Waals surface area contributed by atoms with Crippen molar-refractivity contribution in [2.24, 2.45) is 0 Å². The van der Waals surface area contributed by atoms with Gasteiger partial charge in [-0.1, -0.05) is 12.1 Å². The minimum atomic E-state index is -3.93. The number of hydrogen-bond donors (Lipinski definition) is 1. The highest BCUT2D eigenvalue weighted by atomic mass is 32.2. The number of carboxylic acid groups (broad SMARTS) is 1. The fourth-order valence-corrected chi connectivity index (χ4v) is 3.68. The van der Waals surface area contributed by atoms with Crippen LogP contribution in [0.3, 0.4) is 0 Å². The number of carboxylic acids is 1. The van der Waals surface area contributed by atoms with E-state index < -0.39 is 31.9 Å². The van der Waals surface area contributed by atoms with Gasteiger partial charge in [-0.05, 0) is 37.3 Å². The van der Waals surface area contributed by atoms with Gasteiger partial charge in [-0.3, -0.25) is 9.59 Å². The van der Waals surface area contributed by atoms with E-state index in [0.29, 0.717) is 5.56 Å². The van der Waals surface area contributed by atoms with Crippen molar-refractivity contribution in [3.63, 3.8) is 0 Å². The third kappa shape index (κ3) is 4.41. The first-order valence-corrected chi connectivity index (χ1v) is 11.1. The topological polar surface area (TPSA) is 93.4 Å². The van der Waals surface area contributed by atoms with E-state index in [1.54, 1.807) is 12.1 Å². The van der Waals surface area contributed by atoms with E-state index in [-0.39, 0.29) is 18.5 Å². The number of aromatic nitrogens is 1. The molecular formula is C18H20FNO5S2. The lowest BCUT2D eigenvalue weighted by atomic mass is 10.1. The highest BCUT2D eigenvalue weighted by Gasteiger charge is 2.43. The third-order valence-electron chi connectivity index (χ3n) is 4.58. The van der Waals surface area contributed by atoms with Gasteiger partial charge in [0.05, 0.1) is 0 Å². The number of nitrogens with zero attached hydrogens (tertiary/aromatic N) is 1. The number of halogens is 1. The van der Waals surface area contributed by atoms with Gasteiger partial charge in [0.15, 0.2) is 14.6 Å². The molecule has 1 atom stereocenters. The summed E-state index contributed by atoms with van der Waals surface area (Å²) in [5.41, 5.74) is 0.135. The van der Waals surface area contributed by atoms with E-state index in [9.17, 15) is 27.5 Å². The van der Waals surface area contributed by atoms with Crippen molar-refractivity contribution < 1.29 is 22.7 Å². The number of carbonyl (C=O) groups is 1. The minimum Gasteiger partial charge on any atom is -0.480 e. The van der Waals surface area contributed by atoms with E-state index in [0.717, 1.165) is 34.9 Å². The number of sulfone groups is 1. The second kappa shape index (κ2) is 7.85. The Balaban J connectivity index is 2.34. The molecular weight excluding hydrogens is 393 g/mol. The normalized spacial score (nSPS) is 13.9. The number of rotatable bonds is 7. The molecule has 0 saturated carbocycles. The summed E-state index contributed by atoms with van der Waals surface area (Å²) in [6.07, 6.45) is 3.36. The zero-order chi connectivity index (χ0) is 20.4. The molecule has 2 rings (SSSR count). The molecule has 9 heteroatoms. The zero-order valence-electron chi connectivity index (χ0n) is 15.1. The number of aryl methyl sites for hydroxylation is 1. The van der Waals surface area contributed by atoms with Crippen molar-refractivity contribution in [3.8, 4) is 11.1 Å². The molecule has 0 bridgehead atoms. The quantitative estimate of drug-likeness (QED) is 0.702. The summed E-state index contributed by atoms with van der Waals surface area (Å²) in [4.78, 5) is 24.7. The Kier molecular flexibility index (Phi) is 6.16. The van der Waals surface area contributed by atoms with Gasteiger partial charge in [0.2, 0.25) is 0 Å². The van der Waals surface area contributed by atoms with Gasteiger partial charge in [0, 0.05) is 35.5 Å². The van der Waals surface area contributed by atoms with Gasteiger partial charge in [-0.25, -0.2) is 12.8 Å². The second-order valence-corrected chi connectivity index (χ2v) is 9.68. The lowest BCUT2D eigenvalue weighted by Gasteiger charge is -2.23. The Morgan fingerprint density at radius 1 is 1.30 bits per heavy atom. The van der Waals surface area contributed by atoms with Crippen LogP contribution in [0.15, 0.2) is 46.2 Å². The number of aliphatic carboxylic acids is 1. The van der Waals surface area contributed by atoms with Gasteiger partial charge >= 0.3 is 5.97 Å². The van der Waals surface area contributed by atoms with Crippen molar-refractivity contribution in [3.05, 3.63) is 52.7 Å². The molecule has 0 aliphatic rings. The van der Waals surface area contributed by atoms with Gasteiger partial charge in [-0.15, -0.1) is 11.8 Å². The van der Waals surface area contributed by atoms with Crippen molar-refractivity contribution in [1.29, 1.82) is 0 Å². The molecule has 0 unspecified atom stereocenters. The van der Waals surface area contributed by atoms with E-state index >= 15 is 0 Å². The molecule has 146 valence electrons. The van der Waals surface area contributed by atoms with Crippen LogP contribution in [0.25, 0.3) is 11.1 Å². The first-order valence-electron chi connectivity index (χ1n) is 7.97. The van der Waals surface area contributed by atoms with Crippen molar-refractivity contribution in [1.82, 2.24) is 4.57 Å². The average Bonchev–Trinajstić information content (AvgIpc) is 2.60. The van der Waals surface area contributed by atoms with Crippen LogP contribution in [-0.2, 0) is 21.2 Å². The maximum absolute atomic E-state index is 14.5. The molecule has 0 aliphatic heterocycles. The molecule has 0 aliphatic carbocycles. The average molecular weight is 413 g/mol. The molecule has 1 aromatic carbocycles. The molecule has 6 nitrogen and oxygen atoms in total. The maximum Gasteiger partial charge on any atom is 0.324 e. The highest BCUT2D eigenvalue weighted by molar-refractivity contribution is 7.98. The van der Waals surface area contributed by atoms with Crippen molar-refractivity contribution >= 4 is 27.6 Å². The largest absolute Gasteiger partial charge is 0.480 e. The molecule has 1 heterocycles. The van der Waals surface area contributed by atoms with Crippen LogP contribution < -0.4 is 5.56 Å². The highest BCUT2D eigenvalue weighted by Crippen LogP contribution is 2.25. The van der Waals surface area contributed by atoms with E-state index in [4.69, 9.17) is 0 Å². The summed E-state index contributed by atoms with van der Waals surface area (Å²) in [7, 11) is -3.93. The fourth-order valence-electron chi connectivity index (χ4n) is 2.50. The molecule has 1 N–H and O–H groups in total. The van der Waals surface area contributed by atoms with Gasteiger partial charge in [-0.2, -0.15) is 0 Å². The first-order chi connectivity index (χ1) is 12.5. The molecule has 1 aromatic heterocycles. The predicted octanol–water partition coefficient (Wildman–Crippen LogP) is 2.65. The summed E-state index contributed by atoms with van der Waals surface area (Å²) in [6.45, 7) is 0.838. The standard InChI is InChI=1S/C18H20FNO5S2/c1-18(17(22)23,27(3,24)25)8-9-20-11-15(19)14(10-16(20)21)12-4-6-13(26-2)7-5-12/h4-7,10-11H,8-9H2,1-3H3,(H,22,23)/t18-/m1/s1. The molecule has 0 fully saturated rings. The number of benzene rings is 1. The van der Waals surface area contributed by atoms with Crippen LogP contribution in [0.5, 0.6) is 0 Å². The maximum atomic E-state index is 14.5. The fraction of sp³-hybridized carbons (Fsp3) is 0.333. The monoisotopic (exact) mass is 413 g/mol. The molecule has 0 amide bonds. The Labute approximate surface area is 161 Å². The Bertz CT molecular complexity index is 1020. The van der Waals surface area contributed by atoms with E-state index in [2.05, 4.69) is 0 Å².